The maximum absolute atomic E-state index is 11.7. The van der Waals surface area contributed by atoms with Gasteiger partial charge in [0.25, 0.3) is 5.91 Å². The number of ether oxygens (including phenoxy) is 2. The summed E-state index contributed by atoms with van der Waals surface area (Å²) in [5, 5.41) is 4.61. The minimum absolute atomic E-state index is 0.0996. The largest absolute Gasteiger partial charge is 0.489 e. The molecule has 0 aliphatic heterocycles. The number of hydrogen-bond acceptors (Lipinski definition) is 4. The third kappa shape index (κ3) is 6.45. The lowest BCUT2D eigenvalue weighted by molar-refractivity contribution is -0.123. The first-order valence-corrected chi connectivity index (χ1v) is 9.04. The number of carbonyl (C=O) groups excluding carboxylic acids is 1. The van der Waals surface area contributed by atoms with E-state index in [0.29, 0.717) is 17.4 Å². The topological polar surface area (TPSA) is 59.9 Å². The van der Waals surface area contributed by atoms with Gasteiger partial charge in [0, 0.05) is 5.02 Å². The number of halogens is 1. The maximum atomic E-state index is 11.7. The zero-order chi connectivity index (χ0) is 19.6. The Morgan fingerprint density at radius 3 is 2.43 bits per heavy atom. The molecule has 1 N–H and O–H groups in total. The van der Waals surface area contributed by atoms with Gasteiger partial charge in [-0.3, -0.25) is 4.79 Å². The second kappa shape index (κ2) is 10.1. The molecule has 0 heterocycles. The van der Waals surface area contributed by atoms with E-state index in [1.54, 1.807) is 18.3 Å². The van der Waals surface area contributed by atoms with Crippen molar-refractivity contribution in [3.8, 4) is 11.5 Å². The minimum atomic E-state index is -0.332. The predicted octanol–water partition coefficient (Wildman–Crippen LogP) is 4.45. The number of benzene rings is 3. The van der Waals surface area contributed by atoms with E-state index in [4.69, 9.17) is 21.1 Å². The summed E-state index contributed by atoms with van der Waals surface area (Å²) < 4.78 is 11.1. The highest BCUT2D eigenvalue weighted by atomic mass is 35.5. The Kier molecular flexibility index (Phi) is 7.04. The fourth-order valence-corrected chi connectivity index (χ4v) is 2.53. The Balaban J connectivity index is 1.42. The molecule has 0 aromatic heterocycles. The second-order valence-corrected chi connectivity index (χ2v) is 6.32. The highest BCUT2D eigenvalue weighted by molar-refractivity contribution is 6.30. The molecule has 0 fully saturated rings. The van der Waals surface area contributed by atoms with Gasteiger partial charge in [-0.15, -0.1) is 0 Å². The van der Waals surface area contributed by atoms with E-state index < -0.39 is 0 Å². The molecule has 0 spiro atoms. The molecule has 28 heavy (non-hydrogen) atoms. The van der Waals surface area contributed by atoms with Crippen LogP contribution in [0.3, 0.4) is 0 Å². The van der Waals surface area contributed by atoms with E-state index in [-0.39, 0.29) is 12.5 Å². The van der Waals surface area contributed by atoms with Gasteiger partial charge in [-0.1, -0.05) is 41.9 Å². The van der Waals surface area contributed by atoms with Crippen LogP contribution in [0.2, 0.25) is 5.02 Å². The fraction of sp³-hybridized carbons (Fsp3) is 0.0909. The smallest absolute Gasteiger partial charge is 0.277 e. The zero-order valence-corrected chi connectivity index (χ0v) is 15.8. The average molecular weight is 395 g/mol. The van der Waals surface area contributed by atoms with Crippen LogP contribution in [0.15, 0.2) is 84.0 Å². The third-order valence-electron chi connectivity index (χ3n) is 3.69. The molecule has 0 atom stereocenters. The number of nitrogens with one attached hydrogen (secondary N) is 1. The van der Waals surface area contributed by atoms with E-state index in [9.17, 15) is 4.79 Å². The van der Waals surface area contributed by atoms with Crippen molar-refractivity contribution in [1.82, 2.24) is 5.43 Å². The van der Waals surface area contributed by atoms with Gasteiger partial charge in [0.2, 0.25) is 0 Å². The summed E-state index contributed by atoms with van der Waals surface area (Å²) >= 11 is 5.96. The predicted molar refractivity (Wildman–Crippen MR) is 110 cm³/mol. The van der Waals surface area contributed by atoms with Crippen molar-refractivity contribution >= 4 is 23.7 Å². The van der Waals surface area contributed by atoms with Crippen molar-refractivity contribution in [2.24, 2.45) is 5.10 Å². The number of nitrogens with zero attached hydrogens (tertiary/aromatic N) is 1. The number of carbonyl (C=O) groups is 1. The van der Waals surface area contributed by atoms with E-state index in [1.807, 2.05) is 66.7 Å². The first kappa shape index (κ1) is 19.5. The lowest BCUT2D eigenvalue weighted by Crippen LogP contribution is -2.24. The van der Waals surface area contributed by atoms with Gasteiger partial charge in [0.05, 0.1) is 6.21 Å². The van der Waals surface area contributed by atoms with Crippen LogP contribution in [0.1, 0.15) is 11.1 Å². The first-order chi connectivity index (χ1) is 13.7. The van der Waals surface area contributed by atoms with Crippen LogP contribution < -0.4 is 14.9 Å². The maximum Gasteiger partial charge on any atom is 0.277 e. The summed E-state index contributed by atoms with van der Waals surface area (Å²) in [4.78, 5) is 11.7. The quantitative estimate of drug-likeness (QED) is 0.453. The van der Waals surface area contributed by atoms with Gasteiger partial charge in [-0.25, -0.2) is 5.43 Å². The molecule has 0 radical (unpaired) electrons. The van der Waals surface area contributed by atoms with Crippen molar-refractivity contribution in [3.05, 3.63) is 95.0 Å². The molecule has 5 nitrogen and oxygen atoms in total. The Morgan fingerprint density at radius 1 is 0.929 bits per heavy atom. The molecule has 3 aromatic rings. The SMILES string of the molecule is O=C(COc1ccccc1)N/N=C\c1ccc(OCc2cccc(Cl)c2)cc1. The third-order valence-corrected chi connectivity index (χ3v) is 3.93. The summed E-state index contributed by atoms with van der Waals surface area (Å²) in [7, 11) is 0. The van der Waals surface area contributed by atoms with Crippen LogP contribution >= 0.6 is 11.6 Å². The Bertz CT molecular complexity index is 928. The van der Waals surface area contributed by atoms with Gasteiger partial charge in [0.15, 0.2) is 6.61 Å². The van der Waals surface area contributed by atoms with Crippen molar-refractivity contribution in [3.63, 3.8) is 0 Å². The molecule has 0 aliphatic rings. The summed E-state index contributed by atoms with van der Waals surface area (Å²) in [6.45, 7) is 0.336. The number of amides is 1. The number of rotatable bonds is 8. The van der Waals surface area contributed by atoms with Gasteiger partial charge in [0.1, 0.15) is 18.1 Å². The normalized spacial score (nSPS) is 10.6. The lowest BCUT2D eigenvalue weighted by Gasteiger charge is -2.07. The molecule has 0 aliphatic carbocycles. The number of hydrazone groups is 1. The van der Waals surface area contributed by atoms with Crippen LogP contribution in [-0.2, 0) is 11.4 Å². The fourth-order valence-electron chi connectivity index (χ4n) is 2.32. The molecular formula is C22H19ClN2O3. The molecule has 0 unspecified atom stereocenters. The van der Waals surface area contributed by atoms with Crippen LogP contribution in [0.25, 0.3) is 0 Å². The van der Waals surface area contributed by atoms with Crippen LogP contribution in [0.4, 0.5) is 0 Å². The van der Waals surface area contributed by atoms with Crippen molar-refractivity contribution in [2.75, 3.05) is 6.61 Å². The molecule has 0 saturated carbocycles. The van der Waals surface area contributed by atoms with Gasteiger partial charge >= 0.3 is 0 Å². The van der Waals surface area contributed by atoms with E-state index in [0.717, 1.165) is 16.9 Å². The average Bonchev–Trinajstić information content (AvgIpc) is 2.72. The van der Waals surface area contributed by atoms with E-state index in [1.165, 1.54) is 0 Å². The Hall–Kier alpha value is -3.31. The highest BCUT2D eigenvalue weighted by Crippen LogP contribution is 2.16. The zero-order valence-electron chi connectivity index (χ0n) is 15.0. The molecular weight excluding hydrogens is 376 g/mol. The molecule has 0 saturated heterocycles. The van der Waals surface area contributed by atoms with Crippen LogP contribution in [0.5, 0.6) is 11.5 Å². The first-order valence-electron chi connectivity index (χ1n) is 8.66. The van der Waals surface area contributed by atoms with Crippen LogP contribution in [0, 0.1) is 0 Å². The lowest BCUT2D eigenvalue weighted by atomic mass is 10.2. The van der Waals surface area contributed by atoms with E-state index in [2.05, 4.69) is 10.5 Å². The summed E-state index contributed by atoms with van der Waals surface area (Å²) in [6, 6.07) is 24.0. The second-order valence-electron chi connectivity index (χ2n) is 5.88. The molecule has 0 bridgehead atoms. The van der Waals surface area contributed by atoms with Gasteiger partial charge < -0.3 is 9.47 Å². The van der Waals surface area contributed by atoms with Gasteiger partial charge in [-0.2, -0.15) is 5.10 Å². The van der Waals surface area contributed by atoms with Gasteiger partial charge in [-0.05, 0) is 59.7 Å². The molecule has 1 amide bonds. The highest BCUT2D eigenvalue weighted by Gasteiger charge is 2.01. The molecule has 3 rings (SSSR count). The monoisotopic (exact) mass is 394 g/mol. The van der Waals surface area contributed by atoms with E-state index >= 15 is 0 Å². The van der Waals surface area contributed by atoms with Crippen molar-refractivity contribution in [2.45, 2.75) is 6.61 Å². The minimum Gasteiger partial charge on any atom is -0.489 e. The number of para-hydroxylation sites is 1. The Labute approximate surface area is 168 Å². The molecule has 3 aromatic carbocycles. The summed E-state index contributed by atoms with van der Waals surface area (Å²) in [5.74, 6) is 1.04. The van der Waals surface area contributed by atoms with Crippen molar-refractivity contribution in [1.29, 1.82) is 0 Å². The number of hydrogen-bond donors (Lipinski definition) is 1. The Morgan fingerprint density at radius 2 is 1.68 bits per heavy atom. The molecule has 142 valence electrons. The standard InChI is InChI=1S/C22H19ClN2O3/c23-19-6-4-5-18(13-19)15-27-21-11-9-17(10-12-21)14-24-25-22(26)16-28-20-7-2-1-3-8-20/h1-14H,15-16H2,(H,25,26)/b24-14-. The van der Waals surface area contributed by atoms with Crippen LogP contribution in [-0.4, -0.2) is 18.7 Å². The molecule has 6 heteroatoms. The van der Waals surface area contributed by atoms with Crippen molar-refractivity contribution < 1.29 is 14.3 Å². The summed E-state index contributed by atoms with van der Waals surface area (Å²) in [5.41, 5.74) is 4.26. The summed E-state index contributed by atoms with van der Waals surface area (Å²) in [6.07, 6.45) is 1.56.